The molecule has 0 spiro atoms. The van der Waals surface area contributed by atoms with Gasteiger partial charge in [0.15, 0.2) is 5.03 Å². The molecule has 0 aliphatic heterocycles. The highest BCUT2D eigenvalue weighted by Crippen LogP contribution is 2.16. The van der Waals surface area contributed by atoms with E-state index in [-0.39, 0.29) is 5.03 Å². The van der Waals surface area contributed by atoms with Gasteiger partial charge < -0.3 is 4.40 Å². The van der Waals surface area contributed by atoms with Crippen molar-refractivity contribution < 1.29 is 8.42 Å². The Morgan fingerprint density at radius 2 is 2.00 bits per heavy atom. The molecule has 0 radical (unpaired) electrons. The molecule has 0 atom stereocenters. The van der Waals surface area contributed by atoms with Gasteiger partial charge >= 0.3 is 0 Å². The second-order valence-electron chi connectivity index (χ2n) is 4.90. The third-order valence-electron chi connectivity index (χ3n) is 2.10. The van der Waals surface area contributed by atoms with Crippen LogP contribution in [-0.2, 0) is 10.0 Å². The summed E-state index contributed by atoms with van der Waals surface area (Å²) in [4.78, 5) is 3.96. The Labute approximate surface area is 101 Å². The van der Waals surface area contributed by atoms with Crippen LogP contribution in [0.4, 0.5) is 0 Å². The van der Waals surface area contributed by atoms with Crippen LogP contribution in [0.3, 0.4) is 0 Å². The third-order valence-corrected chi connectivity index (χ3v) is 3.81. The highest BCUT2D eigenvalue weighted by molar-refractivity contribution is 7.89. The smallest absolute Gasteiger partial charge is 0.260 e. The Morgan fingerprint density at radius 3 is 2.65 bits per heavy atom. The zero-order valence-corrected chi connectivity index (χ0v) is 10.8. The van der Waals surface area contributed by atoms with Gasteiger partial charge in [0.05, 0.1) is 5.52 Å². The van der Waals surface area contributed by atoms with Crippen molar-refractivity contribution in [2.24, 2.45) is 0 Å². The Bertz CT molecular complexity index is 638. The lowest BCUT2D eigenvalue weighted by molar-refractivity contribution is 0.490. The molecule has 0 aromatic carbocycles. The molecule has 92 valence electrons. The van der Waals surface area contributed by atoms with E-state index in [1.165, 1.54) is 6.33 Å². The van der Waals surface area contributed by atoms with Gasteiger partial charge in [-0.1, -0.05) is 6.07 Å². The first kappa shape index (κ1) is 12.1. The Kier molecular flexibility index (Phi) is 2.71. The SMILES string of the molecule is CC(C)(C)NS(=O)(=O)c1ncn2ccccc12. The van der Waals surface area contributed by atoms with Gasteiger partial charge in [0.25, 0.3) is 10.0 Å². The predicted molar refractivity (Wildman–Crippen MR) is 65.3 cm³/mol. The van der Waals surface area contributed by atoms with E-state index in [0.29, 0.717) is 5.52 Å². The molecule has 0 aliphatic rings. The van der Waals surface area contributed by atoms with Crippen LogP contribution in [0.2, 0.25) is 0 Å². The maximum Gasteiger partial charge on any atom is 0.260 e. The van der Waals surface area contributed by atoms with Crippen LogP contribution in [0.15, 0.2) is 35.7 Å². The minimum Gasteiger partial charge on any atom is -0.305 e. The molecule has 2 aromatic heterocycles. The fraction of sp³-hybridized carbons (Fsp3) is 0.364. The van der Waals surface area contributed by atoms with E-state index >= 15 is 0 Å². The standard InChI is InChI=1S/C11H15N3O2S/c1-11(2,3)13-17(15,16)10-9-6-4-5-7-14(9)8-12-10/h4-8,13H,1-3H3. The number of imidazole rings is 1. The molecule has 0 bridgehead atoms. The summed E-state index contributed by atoms with van der Waals surface area (Å²) in [6.45, 7) is 5.38. The molecule has 0 saturated carbocycles. The molecule has 0 saturated heterocycles. The van der Waals surface area contributed by atoms with Crippen molar-refractivity contribution in [2.45, 2.75) is 31.3 Å². The van der Waals surface area contributed by atoms with E-state index in [1.807, 2.05) is 6.07 Å². The Morgan fingerprint density at radius 1 is 1.29 bits per heavy atom. The van der Waals surface area contributed by atoms with Gasteiger partial charge in [-0.25, -0.2) is 18.1 Å². The predicted octanol–water partition coefficient (Wildman–Crippen LogP) is 1.41. The van der Waals surface area contributed by atoms with Crippen LogP contribution in [0, 0.1) is 0 Å². The third kappa shape index (κ3) is 2.48. The van der Waals surface area contributed by atoms with E-state index < -0.39 is 15.6 Å². The number of pyridine rings is 1. The van der Waals surface area contributed by atoms with Crippen LogP contribution in [0.25, 0.3) is 5.52 Å². The molecule has 2 heterocycles. The number of hydrogen-bond donors (Lipinski definition) is 1. The molecule has 0 fully saturated rings. The Hall–Kier alpha value is -1.40. The van der Waals surface area contributed by atoms with Crippen molar-refractivity contribution in [2.75, 3.05) is 0 Å². The van der Waals surface area contributed by atoms with Gasteiger partial charge in [-0.3, -0.25) is 0 Å². The number of aromatic nitrogens is 2. The molecule has 2 rings (SSSR count). The first-order valence-electron chi connectivity index (χ1n) is 5.25. The molecule has 5 nitrogen and oxygen atoms in total. The van der Waals surface area contributed by atoms with Crippen molar-refractivity contribution in [1.29, 1.82) is 0 Å². The topological polar surface area (TPSA) is 63.5 Å². The van der Waals surface area contributed by atoms with Gasteiger partial charge in [0.1, 0.15) is 6.33 Å². The number of sulfonamides is 1. The number of nitrogens with one attached hydrogen (secondary N) is 1. The summed E-state index contributed by atoms with van der Waals surface area (Å²) in [5.41, 5.74) is 0.0491. The van der Waals surface area contributed by atoms with Crippen molar-refractivity contribution in [3.63, 3.8) is 0 Å². The quantitative estimate of drug-likeness (QED) is 0.880. The van der Waals surface area contributed by atoms with Gasteiger partial charge in [-0.05, 0) is 32.9 Å². The average Bonchev–Trinajstić information content (AvgIpc) is 2.57. The lowest BCUT2D eigenvalue weighted by atomic mass is 10.1. The highest BCUT2D eigenvalue weighted by atomic mass is 32.2. The largest absolute Gasteiger partial charge is 0.305 e. The summed E-state index contributed by atoms with van der Waals surface area (Å²) in [5.74, 6) is 0. The normalized spacial score (nSPS) is 13.1. The monoisotopic (exact) mass is 253 g/mol. The molecule has 0 unspecified atom stereocenters. The van der Waals surface area contributed by atoms with E-state index in [1.54, 1.807) is 43.5 Å². The maximum atomic E-state index is 12.1. The van der Waals surface area contributed by atoms with E-state index in [2.05, 4.69) is 9.71 Å². The summed E-state index contributed by atoms with van der Waals surface area (Å²) in [6, 6.07) is 5.33. The van der Waals surface area contributed by atoms with Crippen molar-refractivity contribution >= 4 is 15.5 Å². The minimum atomic E-state index is -3.58. The van der Waals surface area contributed by atoms with Crippen molar-refractivity contribution in [1.82, 2.24) is 14.1 Å². The maximum absolute atomic E-state index is 12.1. The molecule has 0 amide bonds. The fourth-order valence-corrected chi connectivity index (χ4v) is 3.11. The minimum absolute atomic E-state index is 0.0630. The lowest BCUT2D eigenvalue weighted by Gasteiger charge is -2.19. The van der Waals surface area contributed by atoms with Gasteiger partial charge in [0, 0.05) is 11.7 Å². The van der Waals surface area contributed by atoms with E-state index in [4.69, 9.17) is 0 Å². The molecule has 17 heavy (non-hydrogen) atoms. The number of nitrogens with zero attached hydrogens (tertiary/aromatic N) is 2. The number of rotatable bonds is 2. The summed E-state index contributed by atoms with van der Waals surface area (Å²) in [6.07, 6.45) is 3.25. The summed E-state index contributed by atoms with van der Waals surface area (Å²) in [7, 11) is -3.58. The number of fused-ring (bicyclic) bond motifs is 1. The average molecular weight is 253 g/mol. The second kappa shape index (κ2) is 3.82. The molecular weight excluding hydrogens is 238 g/mol. The summed E-state index contributed by atoms with van der Waals surface area (Å²) >= 11 is 0. The lowest BCUT2D eigenvalue weighted by Crippen LogP contribution is -2.40. The van der Waals surface area contributed by atoms with Crippen LogP contribution >= 0.6 is 0 Å². The summed E-state index contributed by atoms with van der Waals surface area (Å²) < 4.78 is 28.5. The zero-order chi connectivity index (χ0) is 12.7. The molecule has 2 aromatic rings. The highest BCUT2D eigenvalue weighted by Gasteiger charge is 2.25. The first-order chi connectivity index (χ1) is 7.80. The first-order valence-corrected chi connectivity index (χ1v) is 6.74. The molecule has 6 heteroatoms. The molecular formula is C11H15N3O2S. The van der Waals surface area contributed by atoms with Gasteiger partial charge in [0.2, 0.25) is 0 Å². The van der Waals surface area contributed by atoms with E-state index in [9.17, 15) is 8.42 Å². The Balaban J connectivity index is 2.54. The van der Waals surface area contributed by atoms with Crippen LogP contribution in [0.5, 0.6) is 0 Å². The van der Waals surface area contributed by atoms with Gasteiger partial charge in [-0.15, -0.1) is 0 Å². The van der Waals surface area contributed by atoms with Crippen LogP contribution < -0.4 is 4.72 Å². The van der Waals surface area contributed by atoms with Gasteiger partial charge in [-0.2, -0.15) is 0 Å². The zero-order valence-electron chi connectivity index (χ0n) is 10.0. The second-order valence-corrected chi connectivity index (χ2v) is 6.50. The fourth-order valence-electron chi connectivity index (χ4n) is 1.58. The molecule has 0 aliphatic carbocycles. The number of hydrogen-bond acceptors (Lipinski definition) is 3. The summed E-state index contributed by atoms with van der Waals surface area (Å²) in [5, 5.41) is 0.0630. The van der Waals surface area contributed by atoms with E-state index in [0.717, 1.165) is 0 Å². The van der Waals surface area contributed by atoms with Crippen LogP contribution in [-0.4, -0.2) is 23.3 Å². The van der Waals surface area contributed by atoms with Crippen molar-refractivity contribution in [3.8, 4) is 0 Å². The molecule has 1 N–H and O–H groups in total. The van der Waals surface area contributed by atoms with Crippen molar-refractivity contribution in [3.05, 3.63) is 30.7 Å². The van der Waals surface area contributed by atoms with Crippen LogP contribution in [0.1, 0.15) is 20.8 Å².